The maximum Gasteiger partial charge on any atom is 0.244 e. The van der Waals surface area contributed by atoms with Crippen LogP contribution in [0.25, 0.3) is 0 Å². The Labute approximate surface area is 154 Å². The highest BCUT2D eigenvalue weighted by Crippen LogP contribution is 2.40. The van der Waals surface area contributed by atoms with Gasteiger partial charge in [-0.2, -0.15) is 0 Å². The van der Waals surface area contributed by atoms with Gasteiger partial charge in [0.15, 0.2) is 0 Å². The van der Waals surface area contributed by atoms with Crippen molar-refractivity contribution in [1.29, 1.82) is 0 Å². The second-order valence-corrected chi connectivity index (χ2v) is 8.78. The summed E-state index contributed by atoms with van der Waals surface area (Å²) in [4.78, 5) is 28.2. The van der Waals surface area contributed by atoms with Gasteiger partial charge >= 0.3 is 0 Å². The lowest BCUT2D eigenvalue weighted by Crippen LogP contribution is -2.44. The molecule has 0 saturated carbocycles. The molecule has 1 atom stereocenters. The van der Waals surface area contributed by atoms with Crippen LogP contribution >= 0.6 is 27.3 Å². The summed E-state index contributed by atoms with van der Waals surface area (Å²) in [6, 6.07) is 9.46. The highest BCUT2D eigenvalue weighted by molar-refractivity contribution is 9.10. The topological polar surface area (TPSA) is 49.4 Å². The number of amides is 2. The average Bonchev–Trinajstić information content (AvgIpc) is 2.97. The quantitative estimate of drug-likeness (QED) is 0.761. The summed E-state index contributed by atoms with van der Waals surface area (Å²) in [7, 11) is 0. The molecular weight excluding hydrogens is 388 g/mol. The van der Waals surface area contributed by atoms with Gasteiger partial charge in [-0.25, -0.2) is 0 Å². The van der Waals surface area contributed by atoms with E-state index in [9.17, 15) is 9.59 Å². The summed E-state index contributed by atoms with van der Waals surface area (Å²) in [5.74, 6) is -0.209. The molecule has 0 spiro atoms. The largest absolute Gasteiger partial charge is 0.324 e. The lowest BCUT2D eigenvalue weighted by molar-refractivity contribution is -0.143. The number of fused-ring (bicyclic) bond motifs is 1. The SMILES string of the molecule is CC(C)(C)C(=O)N1CC(=O)Nc2ccc(Br)cc2C1c1cccs1. The van der Waals surface area contributed by atoms with Crippen LogP contribution in [0.15, 0.2) is 40.2 Å². The molecule has 4 nitrogen and oxygen atoms in total. The van der Waals surface area contributed by atoms with E-state index in [1.165, 1.54) is 0 Å². The van der Waals surface area contributed by atoms with Crippen molar-refractivity contribution in [2.24, 2.45) is 5.41 Å². The van der Waals surface area contributed by atoms with Gasteiger partial charge in [0.1, 0.15) is 6.54 Å². The molecule has 2 aromatic rings. The zero-order chi connectivity index (χ0) is 17.5. The lowest BCUT2D eigenvalue weighted by atomic mass is 9.92. The normalized spacial score (nSPS) is 17.9. The van der Waals surface area contributed by atoms with Crippen LogP contribution in [-0.4, -0.2) is 23.3 Å². The molecule has 1 unspecified atom stereocenters. The Morgan fingerprint density at radius 3 is 2.71 bits per heavy atom. The van der Waals surface area contributed by atoms with Crippen molar-refractivity contribution < 1.29 is 9.59 Å². The number of carbonyl (C=O) groups is 2. The lowest BCUT2D eigenvalue weighted by Gasteiger charge is -2.34. The standard InChI is InChI=1S/C18H19BrN2O2S/c1-18(2,3)17(23)21-10-15(22)20-13-7-6-11(19)9-12(13)16(21)14-5-4-8-24-14/h4-9,16H,10H2,1-3H3,(H,20,22). The molecule has 0 radical (unpaired) electrons. The maximum absolute atomic E-state index is 13.1. The fraction of sp³-hybridized carbons (Fsp3) is 0.333. The minimum atomic E-state index is -0.563. The van der Waals surface area contributed by atoms with E-state index >= 15 is 0 Å². The van der Waals surface area contributed by atoms with Crippen molar-refractivity contribution in [3.05, 3.63) is 50.6 Å². The molecule has 126 valence electrons. The fourth-order valence-corrected chi connectivity index (χ4v) is 4.08. The molecular formula is C18H19BrN2O2S. The second-order valence-electron chi connectivity index (χ2n) is 6.88. The van der Waals surface area contributed by atoms with Crippen LogP contribution < -0.4 is 5.32 Å². The number of nitrogens with zero attached hydrogens (tertiary/aromatic N) is 1. The Hall–Kier alpha value is -1.66. The molecule has 0 fully saturated rings. The van der Waals surface area contributed by atoms with E-state index in [4.69, 9.17) is 0 Å². The van der Waals surface area contributed by atoms with Crippen molar-refractivity contribution in [2.75, 3.05) is 11.9 Å². The number of thiophene rings is 1. The fourth-order valence-electron chi connectivity index (χ4n) is 2.85. The molecule has 0 saturated heterocycles. The van der Waals surface area contributed by atoms with Gasteiger partial charge in [-0.3, -0.25) is 9.59 Å². The number of anilines is 1. The molecule has 24 heavy (non-hydrogen) atoms. The van der Waals surface area contributed by atoms with Crippen LogP contribution in [0.1, 0.15) is 37.3 Å². The first-order valence-corrected chi connectivity index (χ1v) is 9.38. The van der Waals surface area contributed by atoms with E-state index in [1.54, 1.807) is 16.2 Å². The summed E-state index contributed by atoms with van der Waals surface area (Å²) in [5.41, 5.74) is 1.12. The third kappa shape index (κ3) is 3.26. The van der Waals surface area contributed by atoms with Crippen LogP contribution in [0.5, 0.6) is 0 Å². The molecule has 1 aliphatic heterocycles. The number of halogens is 1. The van der Waals surface area contributed by atoms with E-state index in [0.717, 1.165) is 20.6 Å². The van der Waals surface area contributed by atoms with Crippen molar-refractivity contribution in [3.63, 3.8) is 0 Å². The summed E-state index contributed by atoms with van der Waals surface area (Å²) < 4.78 is 0.919. The van der Waals surface area contributed by atoms with Gasteiger partial charge in [0.05, 0.1) is 6.04 Å². The smallest absolute Gasteiger partial charge is 0.244 e. The minimum absolute atomic E-state index is 0.0381. The molecule has 3 rings (SSSR count). The van der Waals surface area contributed by atoms with E-state index < -0.39 is 5.41 Å². The van der Waals surface area contributed by atoms with Crippen LogP contribution in [0.4, 0.5) is 5.69 Å². The van der Waals surface area contributed by atoms with Crippen molar-refractivity contribution >= 4 is 44.8 Å². The Kier molecular flexibility index (Phi) is 4.53. The van der Waals surface area contributed by atoms with Crippen LogP contribution in [0.3, 0.4) is 0 Å². The minimum Gasteiger partial charge on any atom is -0.324 e. The molecule has 1 aromatic carbocycles. The molecule has 0 bridgehead atoms. The number of carbonyl (C=O) groups excluding carboxylic acids is 2. The highest BCUT2D eigenvalue weighted by Gasteiger charge is 2.38. The molecule has 2 amide bonds. The molecule has 6 heteroatoms. The van der Waals surface area contributed by atoms with Crippen LogP contribution in [0, 0.1) is 5.41 Å². The Morgan fingerprint density at radius 2 is 2.08 bits per heavy atom. The van der Waals surface area contributed by atoms with E-state index in [0.29, 0.717) is 0 Å². The van der Waals surface area contributed by atoms with Crippen molar-refractivity contribution in [2.45, 2.75) is 26.8 Å². The zero-order valence-corrected chi connectivity index (χ0v) is 16.2. The maximum atomic E-state index is 13.1. The van der Waals surface area contributed by atoms with E-state index in [-0.39, 0.29) is 24.4 Å². The van der Waals surface area contributed by atoms with Crippen molar-refractivity contribution in [3.8, 4) is 0 Å². The number of benzene rings is 1. The van der Waals surface area contributed by atoms with Gasteiger partial charge in [0.2, 0.25) is 11.8 Å². The molecule has 1 aromatic heterocycles. The van der Waals surface area contributed by atoms with Gasteiger partial charge in [-0.15, -0.1) is 11.3 Å². The number of nitrogens with one attached hydrogen (secondary N) is 1. The number of rotatable bonds is 1. The molecule has 1 N–H and O–H groups in total. The van der Waals surface area contributed by atoms with Gasteiger partial charge in [-0.05, 0) is 29.6 Å². The van der Waals surface area contributed by atoms with Gasteiger partial charge < -0.3 is 10.2 Å². The Bertz CT molecular complexity index is 781. The summed E-state index contributed by atoms with van der Waals surface area (Å²) in [6.45, 7) is 5.69. The summed E-state index contributed by atoms with van der Waals surface area (Å²) in [6.07, 6.45) is 0. The van der Waals surface area contributed by atoms with Crippen LogP contribution in [0.2, 0.25) is 0 Å². The molecule has 2 heterocycles. The first kappa shape index (κ1) is 17.2. The zero-order valence-electron chi connectivity index (χ0n) is 13.8. The molecule has 1 aliphatic rings. The van der Waals surface area contributed by atoms with Gasteiger partial charge in [-0.1, -0.05) is 42.8 Å². The second kappa shape index (κ2) is 6.33. The predicted molar refractivity (Wildman–Crippen MR) is 100 cm³/mol. The highest BCUT2D eigenvalue weighted by atomic mass is 79.9. The van der Waals surface area contributed by atoms with E-state index in [2.05, 4.69) is 21.2 Å². The van der Waals surface area contributed by atoms with Gasteiger partial charge in [0, 0.05) is 26.0 Å². The van der Waals surface area contributed by atoms with Crippen molar-refractivity contribution in [1.82, 2.24) is 4.90 Å². The first-order valence-electron chi connectivity index (χ1n) is 7.71. The Morgan fingerprint density at radius 1 is 1.33 bits per heavy atom. The average molecular weight is 407 g/mol. The summed E-state index contributed by atoms with van der Waals surface area (Å²) >= 11 is 5.10. The third-order valence-electron chi connectivity index (χ3n) is 3.92. The molecule has 0 aliphatic carbocycles. The number of hydrogen-bond acceptors (Lipinski definition) is 3. The first-order chi connectivity index (χ1) is 11.3. The third-order valence-corrected chi connectivity index (χ3v) is 5.34. The van der Waals surface area contributed by atoms with Gasteiger partial charge in [0.25, 0.3) is 0 Å². The van der Waals surface area contributed by atoms with E-state index in [1.807, 2.05) is 56.5 Å². The monoisotopic (exact) mass is 406 g/mol. The summed E-state index contributed by atoms with van der Waals surface area (Å²) in [5, 5.41) is 4.92. The Balaban J connectivity index is 2.20. The van der Waals surface area contributed by atoms with Crippen LogP contribution in [-0.2, 0) is 9.59 Å². The predicted octanol–water partition coefficient (Wildman–Crippen LogP) is 4.43. The number of hydrogen-bond donors (Lipinski definition) is 1.